The number of nitrogen functional groups attached to an aromatic ring is 2. The third-order valence-electron chi connectivity index (χ3n) is 4.33. The van der Waals surface area contributed by atoms with Crippen LogP contribution >= 0.6 is 11.8 Å². The van der Waals surface area contributed by atoms with Crippen molar-refractivity contribution >= 4 is 23.1 Å². The Bertz CT molecular complexity index is 670. The summed E-state index contributed by atoms with van der Waals surface area (Å²) in [7, 11) is 0. The quantitative estimate of drug-likeness (QED) is 0.383. The van der Waals surface area contributed by atoms with Gasteiger partial charge in [-0.15, -0.1) is 0 Å². The van der Waals surface area contributed by atoms with Crippen molar-refractivity contribution in [1.29, 1.82) is 0 Å². The zero-order chi connectivity index (χ0) is 19.5. The number of benzene rings is 2. The Morgan fingerprint density at radius 1 is 0.815 bits per heavy atom. The predicted octanol–water partition coefficient (Wildman–Crippen LogP) is 5.28. The smallest absolute Gasteiger partial charge is 0.119 e. The van der Waals surface area contributed by atoms with Crippen LogP contribution in [0.5, 0.6) is 5.75 Å². The fourth-order valence-corrected chi connectivity index (χ4v) is 3.82. The standard InChI is InChI=1S/C22H33N3OS/c1-3-13-25(14-4-2)15-5-6-16-26-18-7-9-19(10-8-18)27-20-11-12-21(23)22(24)17-20/h7-12,17H,3-6,13-16,23-24H2,1-2H3. The summed E-state index contributed by atoms with van der Waals surface area (Å²) in [6.07, 6.45) is 4.73. The van der Waals surface area contributed by atoms with Gasteiger partial charge in [-0.3, -0.25) is 0 Å². The van der Waals surface area contributed by atoms with Gasteiger partial charge in [-0.2, -0.15) is 0 Å². The SMILES string of the molecule is CCCN(CCC)CCCCOc1ccc(Sc2ccc(N)c(N)c2)cc1. The first-order chi connectivity index (χ1) is 13.1. The maximum atomic E-state index is 5.88. The van der Waals surface area contributed by atoms with Crippen LogP contribution in [0, 0.1) is 0 Å². The second kappa shape index (κ2) is 11.8. The maximum absolute atomic E-state index is 5.88. The van der Waals surface area contributed by atoms with Gasteiger partial charge in [0.15, 0.2) is 0 Å². The van der Waals surface area contributed by atoms with E-state index >= 15 is 0 Å². The molecule has 0 aromatic heterocycles. The maximum Gasteiger partial charge on any atom is 0.119 e. The molecule has 5 heteroatoms. The van der Waals surface area contributed by atoms with Crippen LogP contribution in [-0.4, -0.2) is 31.1 Å². The van der Waals surface area contributed by atoms with Gasteiger partial charge in [-0.1, -0.05) is 25.6 Å². The molecule has 27 heavy (non-hydrogen) atoms. The van der Waals surface area contributed by atoms with Gasteiger partial charge in [0.25, 0.3) is 0 Å². The highest BCUT2D eigenvalue weighted by Gasteiger charge is 2.03. The molecule has 0 bridgehead atoms. The molecular weight excluding hydrogens is 354 g/mol. The van der Waals surface area contributed by atoms with E-state index in [0.717, 1.165) is 28.6 Å². The van der Waals surface area contributed by atoms with Crippen molar-refractivity contribution < 1.29 is 4.74 Å². The van der Waals surface area contributed by atoms with Crippen LogP contribution in [0.3, 0.4) is 0 Å². The summed E-state index contributed by atoms with van der Waals surface area (Å²) < 4.78 is 5.88. The van der Waals surface area contributed by atoms with E-state index in [1.54, 1.807) is 11.8 Å². The number of rotatable bonds is 12. The van der Waals surface area contributed by atoms with E-state index in [2.05, 4.69) is 30.9 Å². The van der Waals surface area contributed by atoms with Crippen molar-refractivity contribution in [3.8, 4) is 5.75 Å². The van der Waals surface area contributed by atoms with E-state index in [1.165, 1.54) is 38.9 Å². The second-order valence-corrected chi connectivity index (χ2v) is 7.91. The van der Waals surface area contributed by atoms with Crippen LogP contribution in [0.2, 0.25) is 0 Å². The topological polar surface area (TPSA) is 64.5 Å². The molecule has 2 rings (SSSR count). The minimum atomic E-state index is 0.621. The minimum Gasteiger partial charge on any atom is -0.494 e. The van der Waals surface area contributed by atoms with Crippen molar-refractivity contribution in [2.45, 2.75) is 49.3 Å². The van der Waals surface area contributed by atoms with E-state index in [9.17, 15) is 0 Å². The molecule has 0 heterocycles. The van der Waals surface area contributed by atoms with Crippen LogP contribution < -0.4 is 16.2 Å². The number of anilines is 2. The molecule has 0 aliphatic carbocycles. The van der Waals surface area contributed by atoms with Crippen molar-refractivity contribution in [1.82, 2.24) is 4.90 Å². The van der Waals surface area contributed by atoms with Gasteiger partial charge in [0, 0.05) is 9.79 Å². The number of nitrogens with two attached hydrogens (primary N) is 2. The molecule has 0 atom stereocenters. The summed E-state index contributed by atoms with van der Waals surface area (Å²) in [5.74, 6) is 0.926. The lowest BCUT2D eigenvalue weighted by molar-refractivity contribution is 0.250. The lowest BCUT2D eigenvalue weighted by atomic mass is 10.2. The molecule has 2 aromatic rings. The molecule has 0 aliphatic heterocycles. The summed E-state index contributed by atoms with van der Waals surface area (Å²) in [6, 6.07) is 14.0. The molecule has 0 radical (unpaired) electrons. The first kappa shape index (κ1) is 21.5. The van der Waals surface area contributed by atoms with Crippen LogP contribution in [0.25, 0.3) is 0 Å². The van der Waals surface area contributed by atoms with Crippen molar-refractivity contribution in [3.05, 3.63) is 42.5 Å². The van der Waals surface area contributed by atoms with Crippen molar-refractivity contribution in [3.63, 3.8) is 0 Å². The fraction of sp³-hybridized carbons (Fsp3) is 0.455. The highest BCUT2D eigenvalue weighted by Crippen LogP contribution is 2.31. The molecule has 0 saturated heterocycles. The molecule has 0 saturated carbocycles. The Morgan fingerprint density at radius 2 is 1.48 bits per heavy atom. The molecule has 0 spiro atoms. The van der Waals surface area contributed by atoms with Crippen LogP contribution in [-0.2, 0) is 0 Å². The van der Waals surface area contributed by atoms with Crippen molar-refractivity contribution in [2.24, 2.45) is 0 Å². The summed E-state index contributed by atoms with van der Waals surface area (Å²) in [6.45, 7) is 8.84. The zero-order valence-electron chi connectivity index (χ0n) is 16.6. The molecule has 0 amide bonds. The number of hydrogen-bond acceptors (Lipinski definition) is 5. The largest absolute Gasteiger partial charge is 0.494 e. The molecular formula is C22H33N3OS. The molecule has 4 N–H and O–H groups in total. The van der Waals surface area contributed by atoms with Crippen LogP contribution in [0.15, 0.2) is 52.3 Å². The first-order valence-corrected chi connectivity index (χ1v) is 10.7. The Morgan fingerprint density at radius 3 is 2.11 bits per heavy atom. The van der Waals surface area contributed by atoms with Gasteiger partial charge in [0.1, 0.15) is 5.75 Å². The summed E-state index contributed by atoms with van der Waals surface area (Å²) in [4.78, 5) is 4.79. The van der Waals surface area contributed by atoms with Gasteiger partial charge in [0.2, 0.25) is 0 Å². The number of hydrogen-bond donors (Lipinski definition) is 2. The molecule has 0 fully saturated rings. The lowest BCUT2D eigenvalue weighted by Gasteiger charge is -2.20. The number of nitrogens with zero attached hydrogens (tertiary/aromatic N) is 1. The van der Waals surface area contributed by atoms with E-state index in [1.807, 2.05) is 30.3 Å². The van der Waals surface area contributed by atoms with Gasteiger partial charge in [0.05, 0.1) is 18.0 Å². The Labute approximate surface area is 168 Å². The molecule has 148 valence electrons. The summed E-state index contributed by atoms with van der Waals surface area (Å²) in [5, 5.41) is 0. The Kier molecular flexibility index (Phi) is 9.36. The normalized spacial score (nSPS) is 11.1. The van der Waals surface area contributed by atoms with Gasteiger partial charge in [-0.05, 0) is 87.8 Å². The van der Waals surface area contributed by atoms with Crippen molar-refractivity contribution in [2.75, 3.05) is 37.7 Å². The molecule has 0 unspecified atom stereocenters. The van der Waals surface area contributed by atoms with E-state index in [4.69, 9.17) is 16.2 Å². The molecule has 0 aliphatic rings. The van der Waals surface area contributed by atoms with E-state index in [-0.39, 0.29) is 0 Å². The Balaban J connectivity index is 1.71. The van der Waals surface area contributed by atoms with Gasteiger partial charge < -0.3 is 21.1 Å². The monoisotopic (exact) mass is 387 g/mol. The van der Waals surface area contributed by atoms with Crippen LogP contribution in [0.1, 0.15) is 39.5 Å². The van der Waals surface area contributed by atoms with Crippen LogP contribution in [0.4, 0.5) is 11.4 Å². The average Bonchev–Trinajstić information content (AvgIpc) is 2.66. The zero-order valence-corrected chi connectivity index (χ0v) is 17.4. The first-order valence-electron chi connectivity index (χ1n) is 9.90. The molecule has 4 nitrogen and oxygen atoms in total. The average molecular weight is 388 g/mol. The predicted molar refractivity (Wildman–Crippen MR) is 118 cm³/mol. The minimum absolute atomic E-state index is 0.621. The van der Waals surface area contributed by atoms with E-state index in [0.29, 0.717) is 11.4 Å². The van der Waals surface area contributed by atoms with E-state index < -0.39 is 0 Å². The molecule has 2 aromatic carbocycles. The van der Waals surface area contributed by atoms with Gasteiger partial charge in [-0.25, -0.2) is 0 Å². The Hall–Kier alpha value is -1.85. The summed E-state index contributed by atoms with van der Waals surface area (Å²) in [5.41, 5.74) is 12.9. The third-order valence-corrected chi connectivity index (χ3v) is 5.33. The highest BCUT2D eigenvalue weighted by molar-refractivity contribution is 7.99. The fourth-order valence-electron chi connectivity index (χ4n) is 2.95. The third kappa shape index (κ3) is 7.73. The second-order valence-electron chi connectivity index (χ2n) is 6.76. The number of unbranched alkanes of at least 4 members (excludes halogenated alkanes) is 1. The highest BCUT2D eigenvalue weighted by atomic mass is 32.2. The summed E-state index contributed by atoms with van der Waals surface area (Å²) >= 11 is 1.67. The van der Waals surface area contributed by atoms with Gasteiger partial charge >= 0.3 is 0 Å². The lowest BCUT2D eigenvalue weighted by Crippen LogP contribution is -2.26. The number of ether oxygens (including phenoxy) is 1.